The summed E-state index contributed by atoms with van der Waals surface area (Å²) >= 11 is 0. The third kappa shape index (κ3) is 2.33. The fourth-order valence-corrected chi connectivity index (χ4v) is 3.94. The van der Waals surface area contributed by atoms with E-state index in [1.165, 1.54) is 46.7 Å². The Morgan fingerprint density at radius 1 is 0.818 bits per heavy atom. The molecule has 22 heavy (non-hydrogen) atoms. The smallest absolute Gasteiger partial charge is 0.00167 e. The summed E-state index contributed by atoms with van der Waals surface area (Å²) in [6.45, 7) is 4.41. The van der Waals surface area contributed by atoms with E-state index in [4.69, 9.17) is 0 Å². The lowest BCUT2D eigenvalue weighted by Gasteiger charge is -2.13. The minimum atomic E-state index is 1.06. The van der Waals surface area contributed by atoms with E-state index in [9.17, 15) is 0 Å². The SMILES string of the molecule is Cc1cc2c(c(Cc3cccc4ccc(C)cc34)c1)CCC2. The van der Waals surface area contributed by atoms with Crippen molar-refractivity contribution in [2.45, 2.75) is 39.5 Å². The Hall–Kier alpha value is -2.08. The van der Waals surface area contributed by atoms with Crippen LogP contribution in [0.5, 0.6) is 0 Å². The first-order valence-corrected chi connectivity index (χ1v) is 8.30. The van der Waals surface area contributed by atoms with Gasteiger partial charge in [0, 0.05) is 0 Å². The zero-order valence-corrected chi connectivity index (χ0v) is 13.4. The summed E-state index contributed by atoms with van der Waals surface area (Å²) in [4.78, 5) is 0. The van der Waals surface area contributed by atoms with Gasteiger partial charge >= 0.3 is 0 Å². The summed E-state index contributed by atoms with van der Waals surface area (Å²) in [7, 11) is 0. The monoisotopic (exact) mass is 286 g/mol. The molecule has 0 saturated heterocycles. The van der Waals surface area contributed by atoms with Gasteiger partial charge in [0.05, 0.1) is 0 Å². The number of hydrogen-bond acceptors (Lipinski definition) is 0. The van der Waals surface area contributed by atoms with Gasteiger partial charge in [-0.05, 0) is 72.6 Å². The van der Waals surface area contributed by atoms with Crippen LogP contribution in [0.25, 0.3) is 10.8 Å². The average molecular weight is 286 g/mol. The molecule has 0 heterocycles. The van der Waals surface area contributed by atoms with E-state index in [1.54, 1.807) is 16.7 Å². The van der Waals surface area contributed by atoms with E-state index >= 15 is 0 Å². The molecule has 0 nitrogen and oxygen atoms in total. The molecule has 0 heteroatoms. The Kier molecular flexibility index (Phi) is 3.26. The molecule has 1 aliphatic rings. The number of rotatable bonds is 2. The van der Waals surface area contributed by atoms with Crippen molar-refractivity contribution in [3.8, 4) is 0 Å². The van der Waals surface area contributed by atoms with Gasteiger partial charge in [-0.15, -0.1) is 0 Å². The Balaban J connectivity index is 1.83. The molecular formula is C22H22. The summed E-state index contributed by atoms with van der Waals surface area (Å²) in [5.41, 5.74) is 8.96. The molecule has 0 unspecified atom stereocenters. The third-order valence-corrected chi connectivity index (χ3v) is 4.96. The normalized spacial score (nSPS) is 13.5. The number of hydrogen-bond donors (Lipinski definition) is 0. The first-order chi connectivity index (χ1) is 10.7. The van der Waals surface area contributed by atoms with Gasteiger partial charge in [0.25, 0.3) is 0 Å². The van der Waals surface area contributed by atoms with E-state index < -0.39 is 0 Å². The van der Waals surface area contributed by atoms with Crippen LogP contribution in [0.3, 0.4) is 0 Å². The lowest BCUT2D eigenvalue weighted by Crippen LogP contribution is -1.97. The van der Waals surface area contributed by atoms with Gasteiger partial charge in [0.1, 0.15) is 0 Å². The molecule has 110 valence electrons. The van der Waals surface area contributed by atoms with Gasteiger partial charge in [-0.25, -0.2) is 0 Å². The van der Waals surface area contributed by atoms with Crippen LogP contribution >= 0.6 is 0 Å². The quantitative estimate of drug-likeness (QED) is 0.580. The molecule has 0 amide bonds. The lowest BCUT2D eigenvalue weighted by atomic mass is 9.92. The van der Waals surface area contributed by atoms with Crippen molar-refractivity contribution >= 4 is 10.8 Å². The third-order valence-electron chi connectivity index (χ3n) is 4.96. The van der Waals surface area contributed by atoms with E-state index in [-0.39, 0.29) is 0 Å². The zero-order valence-electron chi connectivity index (χ0n) is 13.4. The van der Waals surface area contributed by atoms with Gasteiger partial charge in [0.15, 0.2) is 0 Å². The highest BCUT2D eigenvalue weighted by Gasteiger charge is 2.16. The standard InChI is InChI=1S/C22H22/c1-15-9-10-17-5-3-6-19(22(17)13-15)14-20-12-16(2)11-18-7-4-8-21(18)20/h3,5-6,9-13H,4,7-8,14H2,1-2H3. The number of aryl methyl sites for hydroxylation is 3. The Bertz CT molecular complexity index is 855. The molecular weight excluding hydrogens is 264 g/mol. The highest BCUT2D eigenvalue weighted by atomic mass is 14.2. The molecule has 0 aromatic heterocycles. The van der Waals surface area contributed by atoms with E-state index in [0.29, 0.717) is 0 Å². The van der Waals surface area contributed by atoms with Crippen LogP contribution in [-0.4, -0.2) is 0 Å². The fourth-order valence-electron chi connectivity index (χ4n) is 3.94. The van der Waals surface area contributed by atoms with E-state index in [2.05, 4.69) is 62.4 Å². The Morgan fingerprint density at radius 3 is 2.64 bits per heavy atom. The Morgan fingerprint density at radius 2 is 1.73 bits per heavy atom. The highest BCUT2D eigenvalue weighted by Crippen LogP contribution is 2.30. The van der Waals surface area contributed by atoms with Crippen molar-refractivity contribution < 1.29 is 0 Å². The fraction of sp³-hybridized carbons (Fsp3) is 0.273. The molecule has 0 N–H and O–H groups in total. The van der Waals surface area contributed by atoms with Crippen LogP contribution in [0.4, 0.5) is 0 Å². The van der Waals surface area contributed by atoms with Gasteiger partial charge in [-0.1, -0.05) is 59.7 Å². The summed E-state index contributed by atoms with van der Waals surface area (Å²) in [6, 6.07) is 18.3. The summed E-state index contributed by atoms with van der Waals surface area (Å²) in [5, 5.41) is 2.77. The average Bonchev–Trinajstić information content (AvgIpc) is 2.96. The first-order valence-electron chi connectivity index (χ1n) is 8.30. The predicted molar refractivity (Wildman–Crippen MR) is 94.7 cm³/mol. The van der Waals surface area contributed by atoms with E-state index in [1.807, 2.05) is 0 Å². The van der Waals surface area contributed by atoms with Crippen LogP contribution in [-0.2, 0) is 19.3 Å². The molecule has 0 aliphatic heterocycles. The van der Waals surface area contributed by atoms with Crippen molar-refractivity contribution in [1.82, 2.24) is 0 Å². The largest absolute Gasteiger partial charge is 0.0613 e. The minimum absolute atomic E-state index is 1.06. The van der Waals surface area contributed by atoms with Gasteiger partial charge in [-0.3, -0.25) is 0 Å². The summed E-state index contributed by atoms with van der Waals surface area (Å²) in [5.74, 6) is 0. The number of fused-ring (bicyclic) bond motifs is 2. The Labute approximate surface area is 132 Å². The summed E-state index contributed by atoms with van der Waals surface area (Å²) in [6.07, 6.45) is 4.90. The van der Waals surface area contributed by atoms with Crippen LogP contribution in [0, 0.1) is 13.8 Å². The molecule has 0 saturated carbocycles. The highest BCUT2D eigenvalue weighted by molar-refractivity contribution is 5.86. The van der Waals surface area contributed by atoms with Crippen molar-refractivity contribution in [1.29, 1.82) is 0 Å². The maximum absolute atomic E-state index is 2.40. The molecule has 4 rings (SSSR count). The van der Waals surface area contributed by atoms with Crippen molar-refractivity contribution in [2.75, 3.05) is 0 Å². The van der Waals surface area contributed by atoms with Gasteiger partial charge in [0.2, 0.25) is 0 Å². The van der Waals surface area contributed by atoms with Crippen LogP contribution in [0.2, 0.25) is 0 Å². The molecule has 1 aliphatic carbocycles. The van der Waals surface area contributed by atoms with Gasteiger partial charge < -0.3 is 0 Å². The molecule has 3 aromatic rings. The number of benzene rings is 3. The molecule has 0 fully saturated rings. The maximum atomic E-state index is 2.40. The van der Waals surface area contributed by atoms with Crippen molar-refractivity contribution in [3.05, 3.63) is 81.9 Å². The minimum Gasteiger partial charge on any atom is -0.0613 e. The predicted octanol–water partition coefficient (Wildman–Crippen LogP) is 5.54. The first kappa shape index (κ1) is 13.6. The second-order valence-electron chi connectivity index (χ2n) is 6.73. The van der Waals surface area contributed by atoms with Crippen LogP contribution < -0.4 is 0 Å². The molecule has 3 aromatic carbocycles. The lowest BCUT2D eigenvalue weighted by molar-refractivity contribution is 0.907. The second kappa shape index (κ2) is 5.28. The molecule has 0 atom stereocenters. The van der Waals surface area contributed by atoms with Crippen LogP contribution in [0.15, 0.2) is 48.5 Å². The van der Waals surface area contributed by atoms with Crippen molar-refractivity contribution in [3.63, 3.8) is 0 Å². The topological polar surface area (TPSA) is 0 Å². The summed E-state index contributed by atoms with van der Waals surface area (Å²) < 4.78 is 0. The molecule has 0 radical (unpaired) electrons. The molecule has 0 bridgehead atoms. The van der Waals surface area contributed by atoms with Crippen LogP contribution in [0.1, 0.15) is 39.8 Å². The maximum Gasteiger partial charge on any atom is -0.00167 e. The zero-order chi connectivity index (χ0) is 15.1. The second-order valence-corrected chi connectivity index (χ2v) is 6.73. The molecule has 0 spiro atoms. The van der Waals surface area contributed by atoms with E-state index in [0.717, 1.165) is 6.42 Å². The van der Waals surface area contributed by atoms with Gasteiger partial charge in [-0.2, -0.15) is 0 Å². The van der Waals surface area contributed by atoms with Crippen molar-refractivity contribution in [2.24, 2.45) is 0 Å².